The standard InChI is InChI=1S/C40H36/c1-5-35-36(6-2)39(40-30-20-26-34-25-18-19-28-38(34)40)29-15-11-10-14-27-37(35)32(4)22-12-8-7-9-13-23-33-24-17-16-21-31(33)3/h5-30,34,38H,1-4H2/b8-7+,11-10?,13-9+,14-10?,15-11?,22-12-,27-14?,29-15?,33-23-,36-35?,37-27?,37-35?,39-29?,39-36?. The molecule has 0 aliphatic heterocycles. The molecule has 2 aromatic carbocycles. The first-order valence-electron chi connectivity index (χ1n) is 13.6. The average molecular weight is 517 g/mol. The van der Waals surface area contributed by atoms with Crippen LogP contribution in [0.4, 0.5) is 0 Å². The lowest BCUT2D eigenvalue weighted by molar-refractivity contribution is 0.677. The van der Waals surface area contributed by atoms with Gasteiger partial charge >= 0.3 is 0 Å². The van der Waals surface area contributed by atoms with Gasteiger partial charge in [-0.15, -0.1) is 0 Å². The fourth-order valence-corrected chi connectivity index (χ4v) is 4.97. The third kappa shape index (κ3) is 6.92. The Hall–Kier alpha value is -4.94. The van der Waals surface area contributed by atoms with Crippen molar-refractivity contribution in [3.05, 3.63) is 192 Å². The SMILES string of the molecule is C=Cc1c(C(=C)\C=C/C=C/C=C/C=c2/ccccc2=C)ccccccc(C2=CC=CC3C=CC=CC23)c1C=C. The third-order valence-corrected chi connectivity index (χ3v) is 7.01. The molecule has 0 nitrogen and oxygen atoms in total. The van der Waals surface area contributed by atoms with Crippen LogP contribution in [-0.4, -0.2) is 0 Å². The van der Waals surface area contributed by atoms with E-state index in [4.69, 9.17) is 0 Å². The van der Waals surface area contributed by atoms with Crippen LogP contribution in [0.1, 0.15) is 22.3 Å². The Balaban J connectivity index is 1.69. The van der Waals surface area contributed by atoms with Gasteiger partial charge in [-0.1, -0.05) is 184 Å². The molecule has 0 radical (unpaired) electrons. The maximum Gasteiger partial charge on any atom is 0.0125 e. The van der Waals surface area contributed by atoms with E-state index in [2.05, 4.69) is 105 Å². The summed E-state index contributed by atoms with van der Waals surface area (Å²) in [6.45, 7) is 16.9. The molecule has 0 spiro atoms. The first kappa shape index (κ1) is 28.1. The van der Waals surface area contributed by atoms with Crippen molar-refractivity contribution in [2.75, 3.05) is 0 Å². The van der Waals surface area contributed by atoms with Gasteiger partial charge in [0.25, 0.3) is 0 Å². The molecular formula is C40H36. The minimum absolute atomic E-state index is 0.280. The molecule has 0 aromatic heterocycles. The first-order chi connectivity index (χ1) is 19.6. The quantitative estimate of drug-likeness (QED) is 0.307. The third-order valence-electron chi connectivity index (χ3n) is 7.01. The second-order valence-corrected chi connectivity index (χ2v) is 9.57. The second-order valence-electron chi connectivity index (χ2n) is 9.57. The number of rotatable bonds is 8. The van der Waals surface area contributed by atoms with Crippen LogP contribution in [0.25, 0.3) is 36.0 Å². The van der Waals surface area contributed by atoms with Crippen LogP contribution in [0.15, 0.2) is 159 Å². The molecule has 2 unspecified atom stereocenters. The summed E-state index contributed by atoms with van der Waals surface area (Å²) in [6.07, 6.45) is 33.4. The van der Waals surface area contributed by atoms with Gasteiger partial charge in [0.15, 0.2) is 0 Å². The fraction of sp³-hybridized carbons (Fsp3) is 0.0500. The molecule has 2 aromatic rings. The monoisotopic (exact) mass is 516 g/mol. The predicted octanol–water partition coefficient (Wildman–Crippen LogP) is 8.98. The van der Waals surface area contributed by atoms with Crippen LogP contribution in [0.3, 0.4) is 0 Å². The molecule has 4 rings (SSSR count). The van der Waals surface area contributed by atoms with Gasteiger partial charge in [0.2, 0.25) is 0 Å². The van der Waals surface area contributed by atoms with Gasteiger partial charge in [-0.3, -0.25) is 0 Å². The normalized spacial score (nSPS) is 18.1. The van der Waals surface area contributed by atoms with Crippen molar-refractivity contribution in [3.8, 4) is 0 Å². The predicted molar refractivity (Wildman–Crippen MR) is 179 cm³/mol. The first-order valence-corrected chi connectivity index (χ1v) is 13.6. The van der Waals surface area contributed by atoms with Crippen molar-refractivity contribution < 1.29 is 0 Å². The van der Waals surface area contributed by atoms with Gasteiger partial charge in [-0.25, -0.2) is 0 Å². The fourth-order valence-electron chi connectivity index (χ4n) is 4.97. The van der Waals surface area contributed by atoms with E-state index in [1.807, 2.05) is 78.9 Å². The Labute approximate surface area is 239 Å². The van der Waals surface area contributed by atoms with Gasteiger partial charge in [0.1, 0.15) is 0 Å². The highest BCUT2D eigenvalue weighted by Gasteiger charge is 2.24. The minimum Gasteiger partial charge on any atom is -0.0984 e. The molecule has 2 atom stereocenters. The largest absolute Gasteiger partial charge is 0.0984 e. The molecule has 0 amide bonds. The highest BCUT2D eigenvalue weighted by atomic mass is 14.3. The lowest BCUT2D eigenvalue weighted by atomic mass is 9.76. The summed E-state index contributed by atoms with van der Waals surface area (Å²) in [7, 11) is 0. The lowest BCUT2D eigenvalue weighted by Gasteiger charge is -2.28. The summed E-state index contributed by atoms with van der Waals surface area (Å²) in [5.74, 6) is 0.630. The van der Waals surface area contributed by atoms with Gasteiger partial charge < -0.3 is 0 Å². The van der Waals surface area contributed by atoms with Crippen molar-refractivity contribution in [3.63, 3.8) is 0 Å². The van der Waals surface area contributed by atoms with E-state index in [-0.39, 0.29) is 5.92 Å². The van der Waals surface area contributed by atoms with Crippen molar-refractivity contribution in [2.45, 2.75) is 0 Å². The van der Waals surface area contributed by atoms with E-state index in [1.165, 1.54) is 5.57 Å². The van der Waals surface area contributed by atoms with E-state index in [0.29, 0.717) is 5.92 Å². The summed E-state index contributed by atoms with van der Waals surface area (Å²) >= 11 is 0. The van der Waals surface area contributed by atoms with Crippen LogP contribution in [0, 0.1) is 11.8 Å². The maximum absolute atomic E-state index is 4.40. The Morgan fingerprint density at radius 2 is 1.35 bits per heavy atom. The molecule has 0 heteroatoms. The van der Waals surface area contributed by atoms with E-state index in [0.717, 1.165) is 38.3 Å². The molecule has 2 aliphatic rings. The molecule has 2 aliphatic carbocycles. The number of hydrogen-bond acceptors (Lipinski definition) is 0. The minimum atomic E-state index is 0.280. The summed E-state index contributed by atoms with van der Waals surface area (Å²) in [5.41, 5.74) is 6.35. The highest BCUT2D eigenvalue weighted by Crippen LogP contribution is 2.39. The van der Waals surface area contributed by atoms with Crippen molar-refractivity contribution in [1.82, 2.24) is 0 Å². The van der Waals surface area contributed by atoms with Gasteiger partial charge in [0.05, 0.1) is 0 Å². The van der Waals surface area contributed by atoms with E-state index in [1.54, 1.807) is 0 Å². The van der Waals surface area contributed by atoms with Crippen LogP contribution in [-0.2, 0) is 0 Å². The molecule has 196 valence electrons. The molecular weight excluding hydrogens is 480 g/mol. The highest BCUT2D eigenvalue weighted by molar-refractivity contribution is 5.86. The van der Waals surface area contributed by atoms with E-state index in [9.17, 15) is 0 Å². The van der Waals surface area contributed by atoms with Crippen molar-refractivity contribution in [1.29, 1.82) is 0 Å². The van der Waals surface area contributed by atoms with E-state index < -0.39 is 0 Å². The zero-order chi connectivity index (χ0) is 28.2. The maximum atomic E-state index is 4.40. The Morgan fingerprint density at radius 3 is 2.15 bits per heavy atom. The smallest absolute Gasteiger partial charge is 0.0125 e. The number of hydrogen-bond donors (Lipinski definition) is 0. The summed E-state index contributed by atoms with van der Waals surface area (Å²) in [5, 5.41) is 2.13. The van der Waals surface area contributed by atoms with Crippen molar-refractivity contribution >= 4 is 36.0 Å². The summed E-state index contributed by atoms with van der Waals surface area (Å²) < 4.78 is 0. The molecule has 0 bridgehead atoms. The average Bonchev–Trinajstić information content (AvgIpc) is 2.98. The van der Waals surface area contributed by atoms with E-state index >= 15 is 0 Å². The summed E-state index contributed by atoms with van der Waals surface area (Å²) in [6, 6.07) is 20.6. The molecule has 0 fully saturated rings. The molecule has 0 saturated carbocycles. The lowest BCUT2D eigenvalue weighted by Crippen LogP contribution is -2.21. The zero-order valence-electron chi connectivity index (χ0n) is 23.0. The van der Waals surface area contributed by atoms with Crippen molar-refractivity contribution in [2.24, 2.45) is 11.8 Å². The van der Waals surface area contributed by atoms with Crippen LogP contribution in [0.5, 0.6) is 0 Å². The topological polar surface area (TPSA) is 0 Å². The molecule has 0 saturated heterocycles. The molecule has 0 N–H and O–H groups in total. The number of allylic oxidation sites excluding steroid dienone is 15. The van der Waals surface area contributed by atoms with Crippen LogP contribution < -0.4 is 10.4 Å². The van der Waals surface area contributed by atoms with Crippen LogP contribution in [0.2, 0.25) is 0 Å². The number of fused-ring (bicyclic) bond motifs is 1. The van der Waals surface area contributed by atoms with Crippen LogP contribution >= 0.6 is 0 Å². The zero-order valence-corrected chi connectivity index (χ0v) is 23.0. The second kappa shape index (κ2) is 14.3. The Morgan fingerprint density at radius 1 is 0.675 bits per heavy atom. The number of benzene rings is 1. The van der Waals surface area contributed by atoms with Gasteiger partial charge in [-0.05, 0) is 43.8 Å². The Kier molecular flexibility index (Phi) is 10.0. The molecule has 0 heterocycles. The van der Waals surface area contributed by atoms with Gasteiger partial charge in [0, 0.05) is 11.8 Å². The Bertz CT molecular complexity index is 1660. The summed E-state index contributed by atoms with van der Waals surface area (Å²) in [4.78, 5) is 0. The molecule has 40 heavy (non-hydrogen) atoms. The van der Waals surface area contributed by atoms with Gasteiger partial charge in [-0.2, -0.15) is 0 Å².